The van der Waals surface area contributed by atoms with E-state index in [1.165, 1.54) is 0 Å². The first-order valence-electron chi connectivity index (χ1n) is 7.19. The number of carbonyl (C=O) groups excluding carboxylic acids is 2. The largest absolute Gasteiger partial charge is 0.450 e. The van der Waals surface area contributed by atoms with E-state index >= 15 is 0 Å². The number of amides is 2. The maximum atomic E-state index is 12.5. The SMILES string of the molecule is CCOC(=O)N1CCCN(C(=O)c2ccc(Cl)c(Cl)c2)CC1. The lowest BCUT2D eigenvalue weighted by molar-refractivity contribution is 0.0753. The molecule has 1 aromatic rings. The van der Waals surface area contributed by atoms with E-state index in [9.17, 15) is 9.59 Å². The van der Waals surface area contributed by atoms with E-state index in [0.717, 1.165) is 0 Å². The van der Waals surface area contributed by atoms with Gasteiger partial charge in [-0.15, -0.1) is 0 Å². The Kier molecular flexibility index (Phi) is 5.91. The normalized spacial score (nSPS) is 15.4. The molecule has 0 atom stereocenters. The topological polar surface area (TPSA) is 49.9 Å². The van der Waals surface area contributed by atoms with Crippen molar-refractivity contribution in [2.24, 2.45) is 0 Å². The summed E-state index contributed by atoms with van der Waals surface area (Å²) in [6, 6.07) is 4.84. The molecule has 1 aliphatic heterocycles. The lowest BCUT2D eigenvalue weighted by atomic mass is 10.2. The zero-order chi connectivity index (χ0) is 16.1. The van der Waals surface area contributed by atoms with Gasteiger partial charge in [0.25, 0.3) is 5.91 Å². The van der Waals surface area contributed by atoms with Gasteiger partial charge in [0.1, 0.15) is 0 Å². The molecule has 0 aliphatic carbocycles. The number of benzene rings is 1. The average Bonchev–Trinajstić information content (AvgIpc) is 2.75. The highest BCUT2D eigenvalue weighted by Crippen LogP contribution is 2.23. The Hall–Kier alpha value is -1.46. The summed E-state index contributed by atoms with van der Waals surface area (Å²) in [5, 5.41) is 0.776. The van der Waals surface area contributed by atoms with Crippen molar-refractivity contribution in [2.75, 3.05) is 32.8 Å². The van der Waals surface area contributed by atoms with E-state index in [1.54, 1.807) is 34.9 Å². The first-order valence-corrected chi connectivity index (χ1v) is 7.94. The maximum absolute atomic E-state index is 12.5. The molecule has 1 saturated heterocycles. The molecule has 1 heterocycles. The van der Waals surface area contributed by atoms with E-state index in [2.05, 4.69) is 0 Å². The third-order valence-corrected chi connectivity index (χ3v) is 4.21. The van der Waals surface area contributed by atoms with Crippen LogP contribution < -0.4 is 0 Å². The van der Waals surface area contributed by atoms with Crippen molar-refractivity contribution in [1.29, 1.82) is 0 Å². The predicted molar refractivity (Wildman–Crippen MR) is 85.6 cm³/mol. The lowest BCUT2D eigenvalue weighted by Gasteiger charge is -2.22. The van der Waals surface area contributed by atoms with Gasteiger partial charge < -0.3 is 14.5 Å². The van der Waals surface area contributed by atoms with Crippen molar-refractivity contribution in [3.05, 3.63) is 33.8 Å². The van der Waals surface area contributed by atoms with Crippen LogP contribution in [0.4, 0.5) is 4.79 Å². The molecule has 1 aliphatic rings. The predicted octanol–water partition coefficient (Wildman–Crippen LogP) is 3.30. The van der Waals surface area contributed by atoms with Crippen molar-refractivity contribution in [1.82, 2.24) is 9.80 Å². The van der Waals surface area contributed by atoms with Gasteiger partial charge in [0.2, 0.25) is 0 Å². The monoisotopic (exact) mass is 344 g/mol. The highest BCUT2D eigenvalue weighted by molar-refractivity contribution is 6.42. The molecule has 0 radical (unpaired) electrons. The Morgan fingerprint density at radius 3 is 2.45 bits per heavy atom. The second-order valence-corrected chi connectivity index (χ2v) is 5.78. The number of ether oxygens (including phenoxy) is 1. The average molecular weight is 345 g/mol. The molecule has 0 bridgehead atoms. The van der Waals surface area contributed by atoms with Crippen LogP contribution in [0.25, 0.3) is 0 Å². The van der Waals surface area contributed by atoms with Gasteiger partial charge in [0.15, 0.2) is 0 Å². The molecule has 2 amide bonds. The smallest absolute Gasteiger partial charge is 0.409 e. The van der Waals surface area contributed by atoms with Crippen LogP contribution in [0.2, 0.25) is 10.0 Å². The molecule has 0 spiro atoms. The number of nitrogens with zero attached hydrogens (tertiary/aromatic N) is 2. The molecule has 5 nitrogen and oxygen atoms in total. The summed E-state index contributed by atoms with van der Waals surface area (Å²) in [4.78, 5) is 27.6. The van der Waals surface area contributed by atoms with Crippen molar-refractivity contribution < 1.29 is 14.3 Å². The zero-order valence-electron chi connectivity index (χ0n) is 12.3. The van der Waals surface area contributed by atoms with E-state index in [4.69, 9.17) is 27.9 Å². The van der Waals surface area contributed by atoms with Gasteiger partial charge in [-0.1, -0.05) is 23.2 Å². The molecule has 1 fully saturated rings. The Bertz CT molecular complexity index is 566. The fourth-order valence-corrected chi connectivity index (χ4v) is 2.63. The van der Waals surface area contributed by atoms with E-state index in [-0.39, 0.29) is 12.0 Å². The molecule has 0 saturated carbocycles. The number of hydrogen-bond donors (Lipinski definition) is 0. The van der Waals surface area contributed by atoms with Crippen molar-refractivity contribution in [3.63, 3.8) is 0 Å². The Morgan fingerprint density at radius 2 is 1.77 bits per heavy atom. The second-order valence-electron chi connectivity index (χ2n) is 4.96. The summed E-state index contributed by atoms with van der Waals surface area (Å²) in [5.41, 5.74) is 0.499. The van der Waals surface area contributed by atoms with Crippen molar-refractivity contribution in [3.8, 4) is 0 Å². The first kappa shape index (κ1) is 16.9. The molecular formula is C15H18Cl2N2O3. The first-order chi connectivity index (χ1) is 10.5. The van der Waals surface area contributed by atoms with E-state index in [0.29, 0.717) is 54.8 Å². The van der Waals surface area contributed by atoms with Gasteiger partial charge in [-0.25, -0.2) is 4.79 Å². The molecule has 0 N–H and O–H groups in total. The van der Waals surface area contributed by atoms with Crippen LogP contribution in [-0.2, 0) is 4.74 Å². The molecule has 0 aromatic heterocycles. The van der Waals surface area contributed by atoms with Crippen LogP contribution in [0.15, 0.2) is 18.2 Å². The van der Waals surface area contributed by atoms with Gasteiger partial charge in [0.05, 0.1) is 16.7 Å². The van der Waals surface area contributed by atoms with Gasteiger partial charge in [-0.2, -0.15) is 0 Å². The van der Waals surface area contributed by atoms with Crippen LogP contribution in [-0.4, -0.2) is 54.6 Å². The van der Waals surface area contributed by atoms with Gasteiger partial charge in [-0.3, -0.25) is 4.79 Å². The lowest BCUT2D eigenvalue weighted by Crippen LogP contribution is -2.37. The molecule has 7 heteroatoms. The van der Waals surface area contributed by atoms with Crippen LogP contribution in [0.1, 0.15) is 23.7 Å². The number of carbonyl (C=O) groups is 2. The summed E-state index contributed by atoms with van der Waals surface area (Å²) in [6.07, 6.45) is 0.387. The third-order valence-electron chi connectivity index (χ3n) is 3.48. The van der Waals surface area contributed by atoms with Crippen LogP contribution >= 0.6 is 23.2 Å². The molecule has 1 aromatic carbocycles. The highest BCUT2D eigenvalue weighted by Gasteiger charge is 2.23. The van der Waals surface area contributed by atoms with Crippen LogP contribution in [0.3, 0.4) is 0 Å². The van der Waals surface area contributed by atoms with E-state index < -0.39 is 0 Å². The Labute approximate surface area is 139 Å². The van der Waals surface area contributed by atoms with Gasteiger partial charge in [0, 0.05) is 31.7 Å². The minimum absolute atomic E-state index is 0.107. The molecule has 2 rings (SSSR count). The number of rotatable bonds is 2. The second kappa shape index (κ2) is 7.70. The maximum Gasteiger partial charge on any atom is 0.409 e. The fourth-order valence-electron chi connectivity index (χ4n) is 2.33. The molecule has 22 heavy (non-hydrogen) atoms. The fraction of sp³-hybridized carbons (Fsp3) is 0.467. The highest BCUT2D eigenvalue weighted by atomic mass is 35.5. The standard InChI is InChI=1S/C15H18Cl2N2O3/c1-2-22-15(21)19-7-3-6-18(8-9-19)14(20)11-4-5-12(16)13(17)10-11/h4-5,10H,2-3,6-9H2,1H3. The molecular weight excluding hydrogens is 327 g/mol. The summed E-state index contributed by atoms with van der Waals surface area (Å²) in [5.74, 6) is -0.107. The molecule has 0 unspecified atom stereocenters. The minimum Gasteiger partial charge on any atom is -0.450 e. The summed E-state index contributed by atoms with van der Waals surface area (Å²) in [7, 11) is 0. The summed E-state index contributed by atoms with van der Waals surface area (Å²) in [6.45, 7) is 4.24. The van der Waals surface area contributed by atoms with Crippen LogP contribution in [0.5, 0.6) is 0 Å². The Balaban J connectivity index is 2.02. The molecule has 120 valence electrons. The van der Waals surface area contributed by atoms with Gasteiger partial charge in [-0.05, 0) is 31.5 Å². The van der Waals surface area contributed by atoms with Crippen molar-refractivity contribution >= 4 is 35.2 Å². The van der Waals surface area contributed by atoms with Crippen LogP contribution in [0, 0.1) is 0 Å². The minimum atomic E-state index is -0.327. The van der Waals surface area contributed by atoms with Gasteiger partial charge >= 0.3 is 6.09 Å². The quantitative estimate of drug-likeness (QED) is 0.826. The number of halogens is 2. The van der Waals surface area contributed by atoms with E-state index in [1.807, 2.05) is 0 Å². The summed E-state index contributed by atoms with van der Waals surface area (Å²) < 4.78 is 5.00. The zero-order valence-corrected chi connectivity index (χ0v) is 13.9. The van der Waals surface area contributed by atoms with Crippen molar-refractivity contribution in [2.45, 2.75) is 13.3 Å². The third kappa shape index (κ3) is 4.05. The Morgan fingerprint density at radius 1 is 1.09 bits per heavy atom. The summed E-state index contributed by atoms with van der Waals surface area (Å²) >= 11 is 11.8. The number of hydrogen-bond acceptors (Lipinski definition) is 3.